The summed E-state index contributed by atoms with van der Waals surface area (Å²) in [4.78, 5) is 34.0. The number of carbonyl (C=O) groups excluding carboxylic acids is 2. The van der Waals surface area contributed by atoms with E-state index in [9.17, 15) is 14.7 Å². The molecule has 2 fully saturated rings. The van der Waals surface area contributed by atoms with Crippen molar-refractivity contribution in [3.63, 3.8) is 0 Å². The number of hydrogen-bond donors (Lipinski definition) is 4. The van der Waals surface area contributed by atoms with Crippen molar-refractivity contribution >= 4 is 17.8 Å². The molecule has 10 nitrogen and oxygen atoms in total. The number of hydroxylamine groups is 1. The Morgan fingerprint density at radius 1 is 1.17 bits per heavy atom. The molecule has 1 atom stereocenters. The van der Waals surface area contributed by atoms with Crippen LogP contribution in [0.1, 0.15) is 48.9 Å². The molecule has 29 heavy (non-hydrogen) atoms. The summed E-state index contributed by atoms with van der Waals surface area (Å²) in [5, 5.41) is 21.3. The van der Waals surface area contributed by atoms with Gasteiger partial charge in [-0.1, -0.05) is 0 Å². The minimum atomic E-state index is -0.679. The minimum Gasteiger partial charge on any atom is -0.461 e. The number of nitrogens with one attached hydrogen (secondary N) is 2. The summed E-state index contributed by atoms with van der Waals surface area (Å²) in [6.07, 6.45) is 8.55. The third-order valence-electron chi connectivity index (χ3n) is 5.60. The maximum Gasteiger partial charge on any atom is 0.325 e. The summed E-state index contributed by atoms with van der Waals surface area (Å²) in [5.41, 5.74) is 1.74. The van der Waals surface area contributed by atoms with Crippen LogP contribution in [0, 0.1) is 5.92 Å². The van der Waals surface area contributed by atoms with Crippen molar-refractivity contribution in [1.82, 2.24) is 20.8 Å². The van der Waals surface area contributed by atoms with Crippen LogP contribution >= 0.6 is 0 Å². The van der Waals surface area contributed by atoms with Gasteiger partial charge in [0.25, 0.3) is 5.91 Å². The second kappa shape index (κ2) is 10.5. The van der Waals surface area contributed by atoms with Gasteiger partial charge in [-0.3, -0.25) is 14.8 Å². The maximum atomic E-state index is 12.2. The summed E-state index contributed by atoms with van der Waals surface area (Å²) in [6, 6.07) is -0.679. The molecule has 1 aliphatic heterocycles. The van der Waals surface area contributed by atoms with Crippen molar-refractivity contribution in [1.29, 1.82) is 0 Å². The van der Waals surface area contributed by atoms with Crippen molar-refractivity contribution < 1.29 is 24.6 Å². The fourth-order valence-electron chi connectivity index (χ4n) is 3.79. The number of rotatable bonds is 8. The van der Waals surface area contributed by atoms with Gasteiger partial charge in [0.15, 0.2) is 0 Å². The van der Waals surface area contributed by atoms with Crippen molar-refractivity contribution in [2.75, 3.05) is 31.1 Å². The standard InChI is InChI=1S/C19H29N5O5/c25-12-16(18(27)29-15-3-1-2-4-15)20-9-13-5-7-24(8-6-13)19-21-10-14(11-22-19)17(26)23-28/h10-11,13,15-16,20,25,28H,1-9,12H2,(H,23,26)/t16-/m0/s1. The lowest BCUT2D eigenvalue weighted by atomic mass is 9.96. The highest BCUT2D eigenvalue weighted by Crippen LogP contribution is 2.22. The van der Waals surface area contributed by atoms with Crippen LogP contribution in [0.4, 0.5) is 5.95 Å². The molecule has 0 spiro atoms. The fourth-order valence-corrected chi connectivity index (χ4v) is 3.79. The summed E-state index contributed by atoms with van der Waals surface area (Å²) in [7, 11) is 0. The van der Waals surface area contributed by atoms with E-state index in [1.54, 1.807) is 5.48 Å². The Hall–Kier alpha value is -2.30. The van der Waals surface area contributed by atoms with Gasteiger partial charge in [0.1, 0.15) is 12.1 Å². The number of ether oxygens (including phenoxy) is 1. The highest BCUT2D eigenvalue weighted by atomic mass is 16.5. The number of hydrogen-bond acceptors (Lipinski definition) is 9. The number of carbonyl (C=O) groups is 2. The highest BCUT2D eigenvalue weighted by Gasteiger charge is 2.27. The summed E-state index contributed by atoms with van der Waals surface area (Å²) in [6.45, 7) is 1.88. The SMILES string of the molecule is O=C(NO)c1cnc(N2CCC(CN[C@@H](CO)C(=O)OC3CCCC3)CC2)nc1. The van der Waals surface area contributed by atoms with Crippen LogP contribution in [0.15, 0.2) is 12.4 Å². The van der Waals surface area contributed by atoms with Gasteiger partial charge in [-0.15, -0.1) is 0 Å². The first-order chi connectivity index (χ1) is 14.1. The van der Waals surface area contributed by atoms with Gasteiger partial charge in [0, 0.05) is 25.5 Å². The van der Waals surface area contributed by atoms with Gasteiger partial charge < -0.3 is 20.1 Å². The van der Waals surface area contributed by atoms with Gasteiger partial charge in [0.05, 0.1) is 12.2 Å². The van der Waals surface area contributed by atoms with Crippen molar-refractivity contribution in [2.24, 2.45) is 5.92 Å². The Morgan fingerprint density at radius 2 is 1.83 bits per heavy atom. The lowest BCUT2D eigenvalue weighted by Crippen LogP contribution is -2.46. The van der Waals surface area contributed by atoms with Crippen LogP contribution < -0.4 is 15.7 Å². The van der Waals surface area contributed by atoms with E-state index in [-0.39, 0.29) is 24.2 Å². The monoisotopic (exact) mass is 407 g/mol. The van der Waals surface area contributed by atoms with Crippen LogP contribution in [0.25, 0.3) is 0 Å². The van der Waals surface area contributed by atoms with Crippen LogP contribution in [0.5, 0.6) is 0 Å². The molecule has 0 aromatic carbocycles. The molecule has 3 rings (SSSR count). The normalized spacial score (nSPS) is 19.2. The second-order valence-corrected chi connectivity index (χ2v) is 7.63. The van der Waals surface area contributed by atoms with E-state index in [2.05, 4.69) is 15.3 Å². The predicted octanol–water partition coefficient (Wildman–Crippen LogP) is 0.248. The zero-order valence-corrected chi connectivity index (χ0v) is 16.4. The van der Waals surface area contributed by atoms with Crippen molar-refractivity contribution in [2.45, 2.75) is 50.7 Å². The van der Waals surface area contributed by atoms with Crippen molar-refractivity contribution in [3.8, 4) is 0 Å². The van der Waals surface area contributed by atoms with E-state index in [1.807, 2.05) is 4.90 Å². The maximum absolute atomic E-state index is 12.2. The van der Waals surface area contributed by atoms with E-state index < -0.39 is 11.9 Å². The Kier molecular flexibility index (Phi) is 7.73. The van der Waals surface area contributed by atoms with E-state index in [0.717, 1.165) is 51.6 Å². The average molecular weight is 407 g/mol. The molecule has 1 saturated heterocycles. The third-order valence-corrected chi connectivity index (χ3v) is 5.60. The summed E-state index contributed by atoms with van der Waals surface area (Å²) in [5.74, 6) is -0.0956. The van der Waals surface area contributed by atoms with Gasteiger partial charge in [-0.05, 0) is 51.0 Å². The second-order valence-electron chi connectivity index (χ2n) is 7.63. The van der Waals surface area contributed by atoms with E-state index >= 15 is 0 Å². The molecule has 0 bridgehead atoms. The number of aromatic nitrogens is 2. The molecule has 160 valence electrons. The third kappa shape index (κ3) is 5.84. The van der Waals surface area contributed by atoms with E-state index in [4.69, 9.17) is 9.94 Å². The number of aliphatic hydroxyl groups is 1. The molecule has 2 aliphatic rings. The predicted molar refractivity (Wildman–Crippen MR) is 103 cm³/mol. The van der Waals surface area contributed by atoms with Gasteiger partial charge in [0.2, 0.25) is 5.95 Å². The Balaban J connectivity index is 1.41. The minimum absolute atomic E-state index is 0.00331. The van der Waals surface area contributed by atoms with Crippen LogP contribution in [0.3, 0.4) is 0 Å². The number of amides is 1. The molecule has 0 radical (unpaired) electrons. The molecular weight excluding hydrogens is 378 g/mol. The Bertz CT molecular complexity index is 672. The zero-order valence-electron chi connectivity index (χ0n) is 16.4. The molecule has 1 saturated carbocycles. The van der Waals surface area contributed by atoms with Crippen molar-refractivity contribution in [3.05, 3.63) is 18.0 Å². The molecule has 10 heteroatoms. The number of aliphatic hydroxyl groups excluding tert-OH is 1. The first-order valence-electron chi connectivity index (χ1n) is 10.2. The molecule has 2 heterocycles. The summed E-state index contributed by atoms with van der Waals surface area (Å²) < 4.78 is 5.48. The first kappa shape index (κ1) is 21.4. The molecule has 0 unspecified atom stereocenters. The Morgan fingerprint density at radius 3 is 2.41 bits per heavy atom. The average Bonchev–Trinajstić information content (AvgIpc) is 3.27. The lowest BCUT2D eigenvalue weighted by molar-refractivity contribution is -0.152. The molecule has 1 aliphatic carbocycles. The van der Waals surface area contributed by atoms with Crippen LogP contribution in [0.2, 0.25) is 0 Å². The topological polar surface area (TPSA) is 137 Å². The zero-order chi connectivity index (χ0) is 20.6. The molecule has 4 N–H and O–H groups in total. The van der Waals surface area contributed by atoms with Gasteiger partial charge in [-0.2, -0.15) is 0 Å². The number of piperidine rings is 1. The number of anilines is 1. The number of esters is 1. The molecule has 1 amide bonds. The van der Waals surface area contributed by atoms with Crippen LogP contribution in [-0.4, -0.2) is 70.5 Å². The fraction of sp³-hybridized carbons (Fsp3) is 0.684. The van der Waals surface area contributed by atoms with Gasteiger partial charge in [-0.25, -0.2) is 15.4 Å². The lowest BCUT2D eigenvalue weighted by Gasteiger charge is -2.32. The molecule has 1 aromatic heterocycles. The van der Waals surface area contributed by atoms with E-state index in [1.165, 1.54) is 12.4 Å². The quantitative estimate of drug-likeness (QED) is 0.271. The Labute approximate surface area is 169 Å². The van der Waals surface area contributed by atoms with Crippen LogP contribution in [-0.2, 0) is 9.53 Å². The van der Waals surface area contributed by atoms with E-state index in [0.29, 0.717) is 18.4 Å². The van der Waals surface area contributed by atoms with Gasteiger partial charge >= 0.3 is 5.97 Å². The molecular formula is C19H29N5O5. The largest absolute Gasteiger partial charge is 0.461 e. The smallest absolute Gasteiger partial charge is 0.325 e. The number of nitrogens with zero attached hydrogens (tertiary/aromatic N) is 3. The summed E-state index contributed by atoms with van der Waals surface area (Å²) >= 11 is 0. The highest BCUT2D eigenvalue weighted by molar-refractivity contribution is 5.92. The first-order valence-corrected chi connectivity index (χ1v) is 10.2. The molecule has 1 aromatic rings.